The summed E-state index contributed by atoms with van der Waals surface area (Å²) in [6, 6.07) is 8.57. The van der Waals surface area contributed by atoms with Crippen molar-refractivity contribution in [3.63, 3.8) is 0 Å². The van der Waals surface area contributed by atoms with Crippen LogP contribution in [-0.2, 0) is 6.54 Å². The molecule has 1 aliphatic carbocycles. The lowest BCUT2D eigenvalue weighted by Gasteiger charge is -2.20. The number of carbonyl (C=O) groups is 1. The lowest BCUT2D eigenvalue weighted by Crippen LogP contribution is -2.21. The molecule has 128 valence electrons. The number of aromatic nitrogens is 3. The van der Waals surface area contributed by atoms with Gasteiger partial charge in [0.1, 0.15) is 16.5 Å². The number of para-hydroxylation sites is 1. The Morgan fingerprint density at radius 1 is 1.32 bits per heavy atom. The quantitative estimate of drug-likeness (QED) is 0.705. The van der Waals surface area contributed by atoms with Crippen LogP contribution in [0.15, 0.2) is 29.6 Å². The number of anilines is 2. The second-order valence-electron chi connectivity index (χ2n) is 6.07. The lowest BCUT2D eigenvalue weighted by molar-refractivity contribution is 0.0996. The Labute approximate surface area is 148 Å². The molecule has 0 aliphatic heterocycles. The van der Waals surface area contributed by atoms with E-state index in [4.69, 9.17) is 10.7 Å². The van der Waals surface area contributed by atoms with Crippen LogP contribution in [-0.4, -0.2) is 33.9 Å². The summed E-state index contributed by atoms with van der Waals surface area (Å²) in [6.07, 6.45) is 2.40. The average Bonchev–Trinajstić information content (AvgIpc) is 3.36. The zero-order chi connectivity index (χ0) is 17.4. The fourth-order valence-corrected chi connectivity index (χ4v) is 3.43. The third kappa shape index (κ3) is 3.25. The number of primary amides is 1. The largest absolute Gasteiger partial charge is 0.364 e. The van der Waals surface area contributed by atoms with E-state index in [1.807, 2.05) is 24.3 Å². The molecule has 2 heterocycles. The van der Waals surface area contributed by atoms with E-state index in [-0.39, 0.29) is 5.69 Å². The number of carbonyl (C=O) groups excluding carboxylic acids is 1. The molecule has 1 saturated carbocycles. The minimum absolute atomic E-state index is 0.287. The molecule has 4 rings (SSSR count). The molecule has 3 aromatic rings. The number of nitrogens with two attached hydrogens (primary N) is 1. The van der Waals surface area contributed by atoms with E-state index in [1.165, 1.54) is 24.2 Å². The second kappa shape index (κ2) is 6.29. The number of hydrogen-bond donors (Lipinski definition) is 2. The van der Waals surface area contributed by atoms with Crippen LogP contribution in [0.2, 0.25) is 0 Å². The summed E-state index contributed by atoms with van der Waals surface area (Å²) in [7, 11) is 2.08. The third-order valence-corrected chi connectivity index (χ3v) is 5.06. The predicted octanol–water partition coefficient (Wildman–Crippen LogP) is 2.40. The van der Waals surface area contributed by atoms with Crippen molar-refractivity contribution in [3.05, 3.63) is 40.3 Å². The fraction of sp³-hybridized carbons (Fsp3) is 0.294. The minimum atomic E-state index is -0.516. The van der Waals surface area contributed by atoms with Crippen molar-refractivity contribution < 1.29 is 4.79 Å². The Morgan fingerprint density at radius 2 is 2.12 bits per heavy atom. The number of hydrogen-bond acceptors (Lipinski definition) is 7. The van der Waals surface area contributed by atoms with Crippen molar-refractivity contribution in [3.8, 4) is 0 Å². The second-order valence-corrected chi connectivity index (χ2v) is 7.02. The summed E-state index contributed by atoms with van der Waals surface area (Å²) in [5.41, 5.74) is 6.43. The first-order valence-electron chi connectivity index (χ1n) is 8.09. The topological polar surface area (TPSA) is 97.0 Å². The molecular weight excluding hydrogens is 336 g/mol. The van der Waals surface area contributed by atoms with Crippen molar-refractivity contribution >= 4 is 39.9 Å². The number of amides is 1. The number of nitrogens with zero attached hydrogens (tertiary/aromatic N) is 4. The van der Waals surface area contributed by atoms with E-state index >= 15 is 0 Å². The Kier molecular flexibility index (Phi) is 3.96. The fourth-order valence-electron chi connectivity index (χ4n) is 2.70. The van der Waals surface area contributed by atoms with Gasteiger partial charge < -0.3 is 16.0 Å². The molecule has 1 fully saturated rings. The standard InChI is InChI=1S/C17H18N6OS/c1-23(10-6-7-10)16-11-4-2-3-5-12(11)21-17(22-16)19-8-14-20-13(9-25-14)15(18)24/h2-5,9-10H,6-8H2,1H3,(H2,18,24)(H,19,21,22). The van der Waals surface area contributed by atoms with Crippen molar-refractivity contribution in [1.82, 2.24) is 15.0 Å². The van der Waals surface area contributed by atoms with Gasteiger partial charge in [0, 0.05) is 23.9 Å². The monoisotopic (exact) mass is 354 g/mol. The number of benzene rings is 1. The number of thiazole rings is 1. The van der Waals surface area contributed by atoms with Crippen LogP contribution in [0.25, 0.3) is 10.9 Å². The van der Waals surface area contributed by atoms with E-state index in [2.05, 4.69) is 27.2 Å². The van der Waals surface area contributed by atoms with Gasteiger partial charge in [-0.1, -0.05) is 12.1 Å². The maximum Gasteiger partial charge on any atom is 0.268 e. The third-order valence-electron chi connectivity index (χ3n) is 4.21. The molecule has 0 bridgehead atoms. The molecule has 1 aliphatic rings. The Bertz CT molecular complexity index is 936. The van der Waals surface area contributed by atoms with Crippen LogP contribution in [0.4, 0.5) is 11.8 Å². The van der Waals surface area contributed by atoms with Gasteiger partial charge in [0.15, 0.2) is 0 Å². The van der Waals surface area contributed by atoms with Gasteiger partial charge >= 0.3 is 0 Å². The van der Waals surface area contributed by atoms with Gasteiger partial charge in [0.25, 0.3) is 5.91 Å². The summed E-state index contributed by atoms with van der Waals surface area (Å²) in [4.78, 5) is 26.9. The van der Waals surface area contributed by atoms with E-state index in [1.54, 1.807) is 5.38 Å². The molecule has 0 atom stereocenters. The van der Waals surface area contributed by atoms with Crippen molar-refractivity contribution in [2.75, 3.05) is 17.3 Å². The van der Waals surface area contributed by atoms with Crippen molar-refractivity contribution in [2.45, 2.75) is 25.4 Å². The first-order chi connectivity index (χ1) is 12.1. The number of rotatable bonds is 6. The van der Waals surface area contributed by atoms with Crippen molar-refractivity contribution in [1.29, 1.82) is 0 Å². The highest BCUT2D eigenvalue weighted by atomic mass is 32.1. The van der Waals surface area contributed by atoms with Gasteiger partial charge in [0.2, 0.25) is 5.95 Å². The highest BCUT2D eigenvalue weighted by Gasteiger charge is 2.28. The molecule has 1 amide bonds. The first kappa shape index (κ1) is 15.8. The number of nitrogens with one attached hydrogen (secondary N) is 1. The highest BCUT2D eigenvalue weighted by Crippen LogP contribution is 2.33. The molecule has 8 heteroatoms. The molecule has 2 aromatic heterocycles. The lowest BCUT2D eigenvalue weighted by atomic mass is 10.2. The summed E-state index contributed by atoms with van der Waals surface area (Å²) >= 11 is 1.39. The first-order valence-corrected chi connectivity index (χ1v) is 8.97. The molecule has 7 nitrogen and oxygen atoms in total. The van der Waals surface area contributed by atoms with Crippen molar-refractivity contribution in [2.24, 2.45) is 5.73 Å². The molecule has 0 spiro atoms. The van der Waals surface area contributed by atoms with Crippen LogP contribution in [0.5, 0.6) is 0 Å². The average molecular weight is 354 g/mol. The summed E-state index contributed by atoms with van der Waals surface area (Å²) < 4.78 is 0. The maximum absolute atomic E-state index is 11.1. The van der Waals surface area contributed by atoms with Gasteiger partial charge in [-0.3, -0.25) is 4.79 Å². The normalized spacial score (nSPS) is 13.8. The van der Waals surface area contributed by atoms with Crippen LogP contribution in [0, 0.1) is 0 Å². The highest BCUT2D eigenvalue weighted by molar-refractivity contribution is 7.09. The molecule has 0 radical (unpaired) electrons. The molecule has 0 saturated heterocycles. The zero-order valence-electron chi connectivity index (χ0n) is 13.8. The van der Waals surface area contributed by atoms with E-state index in [0.29, 0.717) is 18.5 Å². The van der Waals surface area contributed by atoms with Crippen LogP contribution < -0.4 is 16.0 Å². The van der Waals surface area contributed by atoms with Gasteiger partial charge in [-0.05, 0) is 25.0 Å². The van der Waals surface area contributed by atoms with E-state index < -0.39 is 5.91 Å². The van der Waals surface area contributed by atoms with Gasteiger partial charge in [-0.2, -0.15) is 4.98 Å². The Balaban J connectivity index is 1.61. The SMILES string of the molecule is CN(c1nc(NCc2nc(C(N)=O)cs2)nc2ccccc12)C1CC1. The summed E-state index contributed by atoms with van der Waals surface area (Å²) in [6.45, 7) is 0.447. The van der Waals surface area contributed by atoms with Crippen LogP contribution in [0.3, 0.4) is 0 Å². The van der Waals surface area contributed by atoms with Gasteiger partial charge in [-0.25, -0.2) is 9.97 Å². The summed E-state index contributed by atoms with van der Waals surface area (Å²) in [5, 5.41) is 6.68. The molecule has 25 heavy (non-hydrogen) atoms. The van der Waals surface area contributed by atoms with E-state index in [0.717, 1.165) is 21.7 Å². The molecule has 1 aromatic carbocycles. The van der Waals surface area contributed by atoms with Gasteiger partial charge in [-0.15, -0.1) is 11.3 Å². The van der Waals surface area contributed by atoms with Crippen LogP contribution >= 0.6 is 11.3 Å². The Hall–Kier alpha value is -2.74. The minimum Gasteiger partial charge on any atom is -0.364 e. The molecule has 3 N–H and O–H groups in total. The smallest absolute Gasteiger partial charge is 0.268 e. The van der Waals surface area contributed by atoms with Gasteiger partial charge in [0.05, 0.1) is 12.1 Å². The number of fused-ring (bicyclic) bond motifs is 1. The maximum atomic E-state index is 11.1. The molecule has 0 unspecified atom stereocenters. The summed E-state index contributed by atoms with van der Waals surface area (Å²) in [5.74, 6) is 0.974. The predicted molar refractivity (Wildman–Crippen MR) is 98.9 cm³/mol. The molecular formula is C17H18N6OS. The Morgan fingerprint density at radius 3 is 2.84 bits per heavy atom. The van der Waals surface area contributed by atoms with E-state index in [9.17, 15) is 4.79 Å². The zero-order valence-corrected chi connectivity index (χ0v) is 14.6. The van der Waals surface area contributed by atoms with Crippen LogP contribution in [0.1, 0.15) is 28.3 Å².